The fourth-order valence-corrected chi connectivity index (χ4v) is 2.51. The molecule has 156 valence electrons. The Hall–Kier alpha value is -2.69. The minimum absolute atomic E-state index is 0.0562. The van der Waals surface area contributed by atoms with Crippen molar-refractivity contribution >= 4 is 17.8 Å². The van der Waals surface area contributed by atoms with Gasteiger partial charge in [-0.2, -0.15) is 13.2 Å². The predicted octanol–water partition coefficient (Wildman–Crippen LogP) is 1.66. The number of carboxylic acids is 2. The highest BCUT2D eigenvalue weighted by molar-refractivity contribution is 5.83. The van der Waals surface area contributed by atoms with E-state index in [9.17, 15) is 22.8 Å². The average molecular weight is 406 g/mol. The van der Waals surface area contributed by atoms with E-state index in [1.807, 2.05) is 13.0 Å². The summed E-state index contributed by atoms with van der Waals surface area (Å²) in [7, 11) is 0. The molecule has 1 aliphatic heterocycles. The smallest absolute Gasteiger partial charge is 0.480 e. The van der Waals surface area contributed by atoms with Crippen molar-refractivity contribution in [2.45, 2.75) is 38.4 Å². The highest BCUT2D eigenvalue weighted by Crippen LogP contribution is 2.17. The van der Waals surface area contributed by atoms with E-state index in [0.717, 1.165) is 11.1 Å². The van der Waals surface area contributed by atoms with Gasteiger partial charge in [-0.15, -0.1) is 0 Å². The maximum atomic E-state index is 12.5. The van der Waals surface area contributed by atoms with Crippen molar-refractivity contribution in [3.63, 3.8) is 0 Å². The lowest BCUT2D eigenvalue weighted by Crippen LogP contribution is -2.46. The molecule has 11 heteroatoms. The molecule has 0 radical (unpaired) electrons. The fourth-order valence-electron chi connectivity index (χ4n) is 2.51. The summed E-state index contributed by atoms with van der Waals surface area (Å²) in [6, 6.07) is 1.79. The van der Waals surface area contributed by atoms with Crippen LogP contribution < -0.4 is 0 Å². The summed E-state index contributed by atoms with van der Waals surface area (Å²) in [6.07, 6.45) is -0.187. The molecule has 0 aromatic carbocycles. The molecule has 0 bridgehead atoms. The van der Waals surface area contributed by atoms with Crippen molar-refractivity contribution in [1.29, 1.82) is 0 Å². The van der Waals surface area contributed by atoms with E-state index in [1.165, 1.54) is 4.90 Å². The van der Waals surface area contributed by atoms with E-state index in [4.69, 9.17) is 19.7 Å². The summed E-state index contributed by atoms with van der Waals surface area (Å²) in [4.78, 5) is 37.9. The largest absolute Gasteiger partial charge is 0.490 e. The fraction of sp³-hybridized carbons (Fsp3) is 0.529. The van der Waals surface area contributed by atoms with Crippen LogP contribution in [0.4, 0.5) is 13.2 Å². The number of carboxylic acid groups (broad SMARTS) is 2. The van der Waals surface area contributed by atoms with E-state index in [1.54, 1.807) is 12.4 Å². The number of aromatic nitrogens is 1. The second-order valence-electron chi connectivity index (χ2n) is 6.04. The van der Waals surface area contributed by atoms with Crippen LogP contribution in [0.25, 0.3) is 0 Å². The molecular weight excluding hydrogens is 385 g/mol. The first-order valence-electron chi connectivity index (χ1n) is 8.31. The van der Waals surface area contributed by atoms with Crippen LogP contribution in [0.2, 0.25) is 0 Å². The summed E-state index contributed by atoms with van der Waals surface area (Å²) in [6.45, 7) is 2.79. The Morgan fingerprint density at radius 2 is 1.82 bits per heavy atom. The maximum absolute atomic E-state index is 12.5. The van der Waals surface area contributed by atoms with Crippen LogP contribution in [0.3, 0.4) is 0 Å². The number of alkyl halides is 3. The van der Waals surface area contributed by atoms with Gasteiger partial charge < -0.3 is 19.8 Å². The molecule has 2 heterocycles. The number of hydrogen-bond acceptors (Lipinski definition) is 5. The molecule has 1 aromatic heterocycles. The molecule has 0 saturated carbocycles. The quantitative estimate of drug-likeness (QED) is 0.764. The molecule has 2 rings (SSSR count). The van der Waals surface area contributed by atoms with E-state index >= 15 is 0 Å². The van der Waals surface area contributed by atoms with Crippen molar-refractivity contribution in [2.75, 3.05) is 19.8 Å². The number of aryl methyl sites for hydroxylation is 1. The first-order chi connectivity index (χ1) is 13.0. The molecule has 1 amide bonds. The molecule has 1 fully saturated rings. The number of pyridine rings is 1. The first kappa shape index (κ1) is 23.3. The van der Waals surface area contributed by atoms with E-state index < -0.39 is 18.1 Å². The van der Waals surface area contributed by atoms with Crippen LogP contribution in [0.15, 0.2) is 18.5 Å². The zero-order valence-corrected chi connectivity index (χ0v) is 15.1. The van der Waals surface area contributed by atoms with Crippen LogP contribution in [-0.4, -0.2) is 69.9 Å². The number of aliphatic carboxylic acids is 2. The zero-order valence-electron chi connectivity index (χ0n) is 15.1. The minimum Gasteiger partial charge on any atom is -0.480 e. The summed E-state index contributed by atoms with van der Waals surface area (Å²) >= 11 is 0. The van der Waals surface area contributed by atoms with Gasteiger partial charge in [0.05, 0.1) is 6.42 Å². The lowest BCUT2D eigenvalue weighted by Gasteiger charge is -2.33. The van der Waals surface area contributed by atoms with Gasteiger partial charge in [0.15, 0.2) is 0 Å². The van der Waals surface area contributed by atoms with Gasteiger partial charge in [0.1, 0.15) is 6.54 Å². The van der Waals surface area contributed by atoms with Gasteiger partial charge >= 0.3 is 18.1 Å². The van der Waals surface area contributed by atoms with Crippen LogP contribution in [-0.2, 0) is 25.5 Å². The zero-order chi connectivity index (χ0) is 21.3. The molecule has 1 aliphatic rings. The Bertz CT molecular complexity index is 690. The van der Waals surface area contributed by atoms with E-state index in [-0.39, 0.29) is 24.9 Å². The Kier molecular flexibility index (Phi) is 8.83. The molecule has 1 aromatic rings. The third-order valence-corrected chi connectivity index (χ3v) is 3.99. The van der Waals surface area contributed by atoms with Crippen LogP contribution >= 0.6 is 0 Å². The molecule has 0 spiro atoms. The van der Waals surface area contributed by atoms with Crippen LogP contribution in [0.1, 0.15) is 24.0 Å². The van der Waals surface area contributed by atoms with Crippen LogP contribution in [0.5, 0.6) is 0 Å². The van der Waals surface area contributed by atoms with Gasteiger partial charge in [0.25, 0.3) is 0 Å². The summed E-state index contributed by atoms with van der Waals surface area (Å²) < 4.78 is 37.0. The molecule has 0 atom stereocenters. The SMILES string of the molecule is Cc1ccncc1CC(=O)N(CC(=O)O)C1CCOCC1.O=C(O)C(F)(F)F. The van der Waals surface area contributed by atoms with Crippen molar-refractivity contribution in [2.24, 2.45) is 0 Å². The molecule has 28 heavy (non-hydrogen) atoms. The molecule has 2 N–H and O–H groups in total. The summed E-state index contributed by atoms with van der Waals surface area (Å²) in [5, 5.41) is 16.2. The number of rotatable bonds is 5. The lowest BCUT2D eigenvalue weighted by atomic mass is 10.0. The highest BCUT2D eigenvalue weighted by Gasteiger charge is 2.38. The number of amides is 1. The topological polar surface area (TPSA) is 117 Å². The van der Waals surface area contributed by atoms with Crippen molar-refractivity contribution in [3.05, 3.63) is 29.6 Å². The Morgan fingerprint density at radius 1 is 1.25 bits per heavy atom. The van der Waals surface area contributed by atoms with Crippen molar-refractivity contribution in [1.82, 2.24) is 9.88 Å². The molecule has 8 nitrogen and oxygen atoms in total. The number of halogens is 3. The number of nitrogens with zero attached hydrogens (tertiary/aromatic N) is 2. The second-order valence-corrected chi connectivity index (χ2v) is 6.04. The molecule has 0 aliphatic carbocycles. The Balaban J connectivity index is 0.000000480. The van der Waals surface area contributed by atoms with Gasteiger partial charge in [-0.3, -0.25) is 14.6 Å². The van der Waals surface area contributed by atoms with Gasteiger partial charge in [-0.1, -0.05) is 0 Å². The van der Waals surface area contributed by atoms with Crippen molar-refractivity contribution < 1.29 is 42.5 Å². The van der Waals surface area contributed by atoms with Crippen LogP contribution in [0, 0.1) is 6.92 Å². The van der Waals surface area contributed by atoms with Gasteiger partial charge in [-0.25, -0.2) is 4.79 Å². The van der Waals surface area contributed by atoms with E-state index in [2.05, 4.69) is 4.98 Å². The summed E-state index contributed by atoms with van der Waals surface area (Å²) in [5.74, 6) is -3.91. The second kappa shape index (κ2) is 10.6. The number of hydrogen-bond donors (Lipinski definition) is 2. The lowest BCUT2D eigenvalue weighted by molar-refractivity contribution is -0.192. The van der Waals surface area contributed by atoms with Crippen molar-refractivity contribution in [3.8, 4) is 0 Å². The number of carbonyl (C=O) groups is 3. The van der Waals surface area contributed by atoms with Gasteiger partial charge in [0, 0.05) is 31.6 Å². The number of ether oxygens (including phenoxy) is 1. The monoisotopic (exact) mass is 406 g/mol. The number of carbonyl (C=O) groups excluding carboxylic acids is 1. The van der Waals surface area contributed by atoms with Gasteiger partial charge in [-0.05, 0) is 37.0 Å². The first-order valence-corrected chi connectivity index (χ1v) is 8.31. The van der Waals surface area contributed by atoms with E-state index in [0.29, 0.717) is 26.1 Å². The molecular formula is C17H21F3N2O6. The molecule has 0 unspecified atom stereocenters. The standard InChI is InChI=1S/C15H20N2O4.C2HF3O2/c1-11-2-5-16-9-12(11)8-14(18)17(10-15(19)20)13-3-6-21-7-4-13;3-2(4,5)1(6)7/h2,5,9,13H,3-4,6-8,10H2,1H3,(H,19,20);(H,6,7). The van der Waals surface area contributed by atoms with Gasteiger partial charge in [0.2, 0.25) is 5.91 Å². The highest BCUT2D eigenvalue weighted by atomic mass is 19.4. The molecule has 1 saturated heterocycles. The average Bonchev–Trinajstić information content (AvgIpc) is 2.62. The maximum Gasteiger partial charge on any atom is 0.490 e. The third-order valence-electron chi connectivity index (χ3n) is 3.99. The predicted molar refractivity (Wildman–Crippen MR) is 89.6 cm³/mol. The third kappa shape index (κ3) is 7.91. The minimum atomic E-state index is -5.08. The Labute approximate surface area is 158 Å². The normalized spacial score (nSPS) is 14.6. The summed E-state index contributed by atoms with van der Waals surface area (Å²) in [5.41, 5.74) is 1.82. The Morgan fingerprint density at radius 3 is 2.29 bits per heavy atom.